The second-order valence-corrected chi connectivity index (χ2v) is 5.49. The van der Waals surface area contributed by atoms with E-state index in [1.54, 1.807) is 25.3 Å². The smallest absolute Gasteiger partial charge is 0.338 e. The maximum absolute atomic E-state index is 11.7. The Morgan fingerprint density at radius 1 is 1.43 bits per heavy atom. The fourth-order valence-electron chi connectivity index (χ4n) is 2.43. The molecule has 114 valence electrons. The van der Waals surface area contributed by atoms with Crippen LogP contribution < -0.4 is 10.6 Å². The molecule has 1 aromatic rings. The molecular formula is C15H21N3O2S. The molecule has 0 saturated heterocycles. The summed E-state index contributed by atoms with van der Waals surface area (Å²) in [5.41, 5.74) is 0.467. The number of carbonyl (C=O) groups excluding carboxylic acids is 1. The molecule has 21 heavy (non-hydrogen) atoms. The van der Waals surface area contributed by atoms with E-state index in [-0.39, 0.29) is 5.97 Å². The van der Waals surface area contributed by atoms with Crippen LogP contribution in [0.15, 0.2) is 18.3 Å². The van der Waals surface area contributed by atoms with Crippen LogP contribution in [-0.2, 0) is 4.74 Å². The second kappa shape index (κ2) is 7.93. The van der Waals surface area contributed by atoms with Gasteiger partial charge in [-0.05, 0) is 44.1 Å². The van der Waals surface area contributed by atoms with E-state index in [1.165, 1.54) is 19.3 Å². The fraction of sp³-hybridized carbons (Fsp3) is 0.533. The van der Waals surface area contributed by atoms with Crippen molar-refractivity contribution in [2.75, 3.05) is 11.9 Å². The van der Waals surface area contributed by atoms with Crippen LogP contribution in [-0.4, -0.2) is 28.7 Å². The zero-order valence-corrected chi connectivity index (χ0v) is 13.0. The summed E-state index contributed by atoms with van der Waals surface area (Å²) in [6.07, 6.45) is 7.67. The number of nitrogens with one attached hydrogen (secondary N) is 2. The zero-order valence-electron chi connectivity index (χ0n) is 12.2. The third-order valence-electron chi connectivity index (χ3n) is 3.45. The first-order valence-electron chi connectivity index (χ1n) is 7.39. The molecule has 6 heteroatoms. The molecule has 0 radical (unpaired) electrons. The molecule has 5 nitrogen and oxygen atoms in total. The average Bonchev–Trinajstić information content (AvgIpc) is 2.48. The molecule has 0 atom stereocenters. The Balaban J connectivity index is 1.91. The van der Waals surface area contributed by atoms with Crippen molar-refractivity contribution in [3.8, 4) is 0 Å². The van der Waals surface area contributed by atoms with Crippen molar-refractivity contribution in [3.05, 3.63) is 23.9 Å². The molecule has 1 aliphatic rings. The Labute approximate surface area is 130 Å². The van der Waals surface area contributed by atoms with E-state index in [2.05, 4.69) is 15.6 Å². The predicted octanol–water partition coefficient (Wildman–Crippen LogP) is 2.88. The highest BCUT2D eigenvalue weighted by molar-refractivity contribution is 7.80. The van der Waals surface area contributed by atoms with E-state index in [4.69, 9.17) is 17.0 Å². The molecule has 1 aliphatic carbocycles. The Hall–Kier alpha value is -1.69. The van der Waals surface area contributed by atoms with Gasteiger partial charge in [0.1, 0.15) is 5.82 Å². The minimum Gasteiger partial charge on any atom is -0.462 e. The summed E-state index contributed by atoms with van der Waals surface area (Å²) in [5, 5.41) is 6.88. The van der Waals surface area contributed by atoms with Crippen molar-refractivity contribution in [3.63, 3.8) is 0 Å². The Bertz CT molecular complexity index is 501. The van der Waals surface area contributed by atoms with Crippen molar-refractivity contribution in [1.82, 2.24) is 10.3 Å². The van der Waals surface area contributed by atoms with Gasteiger partial charge in [-0.3, -0.25) is 0 Å². The first-order chi connectivity index (χ1) is 10.2. The van der Waals surface area contributed by atoms with Crippen LogP contribution in [0, 0.1) is 0 Å². The molecule has 1 saturated carbocycles. The topological polar surface area (TPSA) is 63.2 Å². The highest BCUT2D eigenvalue weighted by atomic mass is 32.1. The SMILES string of the molecule is CCOC(=O)c1ccnc(NC(=S)NC2CCCCC2)c1. The van der Waals surface area contributed by atoms with Gasteiger partial charge in [0.15, 0.2) is 5.11 Å². The van der Waals surface area contributed by atoms with Crippen LogP contribution >= 0.6 is 12.2 Å². The minimum atomic E-state index is -0.353. The van der Waals surface area contributed by atoms with Crippen LogP contribution in [0.25, 0.3) is 0 Å². The van der Waals surface area contributed by atoms with E-state index in [1.807, 2.05) is 0 Å². The lowest BCUT2D eigenvalue weighted by Crippen LogP contribution is -2.39. The van der Waals surface area contributed by atoms with Gasteiger partial charge in [0.25, 0.3) is 0 Å². The highest BCUT2D eigenvalue weighted by Gasteiger charge is 2.14. The van der Waals surface area contributed by atoms with Crippen molar-refractivity contribution in [1.29, 1.82) is 0 Å². The zero-order chi connectivity index (χ0) is 15.1. The molecule has 0 aromatic carbocycles. The summed E-state index contributed by atoms with van der Waals surface area (Å²) in [6.45, 7) is 2.13. The molecule has 1 aromatic heterocycles. The second-order valence-electron chi connectivity index (χ2n) is 5.08. The van der Waals surface area contributed by atoms with E-state index >= 15 is 0 Å². The largest absolute Gasteiger partial charge is 0.462 e. The first kappa shape index (κ1) is 15.7. The molecule has 0 unspecified atom stereocenters. The third kappa shape index (κ3) is 4.97. The number of thiocarbonyl (C=S) groups is 1. The van der Waals surface area contributed by atoms with E-state index in [0.717, 1.165) is 12.8 Å². The number of anilines is 1. The molecule has 0 aliphatic heterocycles. The standard InChI is InChI=1S/C15H21N3O2S/c1-2-20-14(19)11-8-9-16-13(10-11)18-15(21)17-12-6-4-3-5-7-12/h8-10,12H,2-7H2,1H3,(H2,16,17,18,21). The maximum atomic E-state index is 11.7. The number of pyridine rings is 1. The van der Waals surface area contributed by atoms with Gasteiger partial charge in [-0.2, -0.15) is 0 Å². The van der Waals surface area contributed by atoms with Gasteiger partial charge in [-0.25, -0.2) is 9.78 Å². The lowest BCUT2D eigenvalue weighted by Gasteiger charge is -2.24. The molecule has 0 spiro atoms. The molecule has 0 bridgehead atoms. The van der Waals surface area contributed by atoms with Crippen LogP contribution in [0.5, 0.6) is 0 Å². The quantitative estimate of drug-likeness (QED) is 0.659. The van der Waals surface area contributed by atoms with Gasteiger partial charge in [0.2, 0.25) is 0 Å². The summed E-state index contributed by atoms with van der Waals surface area (Å²) in [6, 6.07) is 3.71. The normalized spacial score (nSPS) is 15.3. The first-order valence-corrected chi connectivity index (χ1v) is 7.80. The van der Waals surface area contributed by atoms with Gasteiger partial charge in [0.05, 0.1) is 12.2 Å². The number of carbonyl (C=O) groups is 1. The highest BCUT2D eigenvalue weighted by Crippen LogP contribution is 2.17. The Morgan fingerprint density at radius 2 is 2.19 bits per heavy atom. The molecule has 2 rings (SSSR count). The monoisotopic (exact) mass is 307 g/mol. The minimum absolute atomic E-state index is 0.353. The van der Waals surface area contributed by atoms with Gasteiger partial charge >= 0.3 is 5.97 Å². The van der Waals surface area contributed by atoms with Crippen LogP contribution in [0.3, 0.4) is 0 Å². The molecule has 1 heterocycles. The van der Waals surface area contributed by atoms with Crippen LogP contribution in [0.2, 0.25) is 0 Å². The van der Waals surface area contributed by atoms with E-state index in [9.17, 15) is 4.79 Å². The van der Waals surface area contributed by atoms with E-state index < -0.39 is 0 Å². The predicted molar refractivity (Wildman–Crippen MR) is 86.4 cm³/mol. The van der Waals surface area contributed by atoms with Gasteiger partial charge < -0.3 is 15.4 Å². The number of nitrogens with zero attached hydrogens (tertiary/aromatic N) is 1. The number of hydrogen-bond donors (Lipinski definition) is 2. The molecule has 2 N–H and O–H groups in total. The van der Waals surface area contributed by atoms with Gasteiger partial charge in [-0.15, -0.1) is 0 Å². The molecular weight excluding hydrogens is 286 g/mol. The summed E-state index contributed by atoms with van der Waals surface area (Å²) in [7, 11) is 0. The van der Waals surface area contributed by atoms with Crippen molar-refractivity contribution < 1.29 is 9.53 Å². The summed E-state index contributed by atoms with van der Waals surface area (Å²) in [4.78, 5) is 15.8. The number of ether oxygens (including phenoxy) is 1. The summed E-state index contributed by atoms with van der Waals surface area (Å²) < 4.78 is 4.97. The Kier molecular flexibility index (Phi) is 5.92. The number of hydrogen-bond acceptors (Lipinski definition) is 4. The molecule has 1 fully saturated rings. The van der Waals surface area contributed by atoms with Gasteiger partial charge in [0, 0.05) is 12.2 Å². The lowest BCUT2D eigenvalue weighted by atomic mass is 9.96. The van der Waals surface area contributed by atoms with E-state index in [0.29, 0.717) is 29.1 Å². The van der Waals surface area contributed by atoms with Gasteiger partial charge in [-0.1, -0.05) is 19.3 Å². The van der Waals surface area contributed by atoms with Crippen molar-refractivity contribution in [2.45, 2.75) is 45.1 Å². The Morgan fingerprint density at radius 3 is 2.90 bits per heavy atom. The molecule has 0 amide bonds. The summed E-state index contributed by atoms with van der Waals surface area (Å²) in [5.74, 6) is 0.197. The number of aromatic nitrogens is 1. The fourth-order valence-corrected chi connectivity index (χ4v) is 2.70. The average molecular weight is 307 g/mol. The third-order valence-corrected chi connectivity index (χ3v) is 3.67. The number of rotatable bonds is 4. The summed E-state index contributed by atoms with van der Waals surface area (Å²) >= 11 is 5.30. The van der Waals surface area contributed by atoms with Crippen LogP contribution in [0.1, 0.15) is 49.4 Å². The lowest BCUT2D eigenvalue weighted by molar-refractivity contribution is 0.0526. The van der Waals surface area contributed by atoms with Crippen LogP contribution in [0.4, 0.5) is 5.82 Å². The van der Waals surface area contributed by atoms with Crippen molar-refractivity contribution >= 4 is 29.1 Å². The maximum Gasteiger partial charge on any atom is 0.338 e. The van der Waals surface area contributed by atoms with Crippen molar-refractivity contribution in [2.24, 2.45) is 0 Å². The number of esters is 1.